The Balaban J connectivity index is 2.39. The molecule has 2 N–H and O–H groups in total. The number of sulfonamides is 1. The summed E-state index contributed by atoms with van der Waals surface area (Å²) in [5.74, 6) is -1.48. The standard InChI is InChI=1S/C15H21N3O7S/c1-10(2)14(15(19)20)16-12-4-3-11(9-13(12)18(21)22)26(23,24)17-5-7-25-8-6-17/h3-4,9-10,14,16H,5-8H2,1-2H3,(H,19,20)/t14-/m0/s1. The van der Waals surface area contributed by atoms with E-state index < -0.39 is 32.6 Å². The second-order valence-electron chi connectivity index (χ2n) is 6.16. The molecule has 26 heavy (non-hydrogen) atoms. The molecule has 0 aliphatic carbocycles. The number of carboxylic acids is 1. The van der Waals surface area contributed by atoms with Gasteiger partial charge in [0.1, 0.15) is 11.7 Å². The molecule has 0 aromatic heterocycles. The van der Waals surface area contributed by atoms with Gasteiger partial charge >= 0.3 is 5.97 Å². The first-order valence-electron chi connectivity index (χ1n) is 8.00. The summed E-state index contributed by atoms with van der Waals surface area (Å²) in [6, 6.07) is 2.37. The molecule has 144 valence electrons. The number of hydrogen-bond donors (Lipinski definition) is 2. The van der Waals surface area contributed by atoms with Crippen LogP contribution in [-0.4, -0.2) is 61.1 Å². The zero-order chi connectivity index (χ0) is 19.5. The van der Waals surface area contributed by atoms with Gasteiger partial charge in [0.15, 0.2) is 0 Å². The highest BCUT2D eigenvalue weighted by Gasteiger charge is 2.30. The number of rotatable bonds is 7. The van der Waals surface area contributed by atoms with Crippen LogP contribution in [0.15, 0.2) is 23.1 Å². The molecular formula is C15H21N3O7S. The number of nitrogens with zero attached hydrogens (tertiary/aromatic N) is 2. The molecule has 1 saturated heterocycles. The number of aliphatic carboxylic acids is 1. The molecule has 10 nitrogen and oxygen atoms in total. The highest BCUT2D eigenvalue weighted by Crippen LogP contribution is 2.30. The molecule has 1 aliphatic heterocycles. The molecule has 1 fully saturated rings. The Kier molecular flexibility index (Phi) is 6.16. The summed E-state index contributed by atoms with van der Waals surface area (Å²) in [6.07, 6.45) is 0. The van der Waals surface area contributed by atoms with Gasteiger partial charge in [-0.25, -0.2) is 13.2 Å². The van der Waals surface area contributed by atoms with E-state index in [0.717, 1.165) is 6.07 Å². The van der Waals surface area contributed by atoms with E-state index in [1.54, 1.807) is 13.8 Å². The third kappa shape index (κ3) is 4.29. The number of morpholine rings is 1. The molecule has 1 atom stereocenters. The SMILES string of the molecule is CC(C)[C@H](Nc1ccc(S(=O)(=O)N2CCOCC2)cc1[N+](=O)[O-])C(=O)O. The lowest BCUT2D eigenvalue weighted by Crippen LogP contribution is -2.40. The molecule has 1 aromatic carbocycles. The first-order chi connectivity index (χ1) is 12.1. The van der Waals surface area contributed by atoms with Crippen LogP contribution >= 0.6 is 0 Å². The highest BCUT2D eigenvalue weighted by molar-refractivity contribution is 7.89. The Bertz CT molecular complexity index is 788. The summed E-state index contributed by atoms with van der Waals surface area (Å²) < 4.78 is 31.6. The Labute approximate surface area is 151 Å². The van der Waals surface area contributed by atoms with Crippen LogP contribution in [0, 0.1) is 16.0 Å². The van der Waals surface area contributed by atoms with E-state index in [1.807, 2.05) is 0 Å². The number of nitro groups is 1. The number of nitro benzene ring substituents is 1. The van der Waals surface area contributed by atoms with Gasteiger partial charge in [-0.2, -0.15) is 4.31 Å². The first-order valence-corrected chi connectivity index (χ1v) is 9.44. The molecule has 0 amide bonds. The second-order valence-corrected chi connectivity index (χ2v) is 8.09. The monoisotopic (exact) mass is 387 g/mol. The predicted molar refractivity (Wildman–Crippen MR) is 92.6 cm³/mol. The van der Waals surface area contributed by atoms with Gasteiger partial charge in [-0.15, -0.1) is 0 Å². The van der Waals surface area contributed by atoms with Gasteiger partial charge in [0.2, 0.25) is 10.0 Å². The molecule has 0 unspecified atom stereocenters. The molecule has 1 heterocycles. The van der Waals surface area contributed by atoms with Crippen molar-refractivity contribution in [1.82, 2.24) is 4.31 Å². The van der Waals surface area contributed by atoms with Gasteiger partial charge in [0.05, 0.1) is 23.0 Å². The van der Waals surface area contributed by atoms with Crippen LogP contribution in [0.25, 0.3) is 0 Å². The maximum absolute atomic E-state index is 12.6. The third-order valence-electron chi connectivity index (χ3n) is 4.02. The summed E-state index contributed by atoms with van der Waals surface area (Å²) in [7, 11) is -3.89. The minimum absolute atomic E-state index is 0.0444. The van der Waals surface area contributed by atoms with E-state index in [1.165, 1.54) is 16.4 Å². The van der Waals surface area contributed by atoms with Crippen molar-refractivity contribution in [1.29, 1.82) is 0 Å². The number of hydrogen-bond acceptors (Lipinski definition) is 7. The average molecular weight is 387 g/mol. The maximum Gasteiger partial charge on any atom is 0.326 e. The largest absolute Gasteiger partial charge is 0.480 e. The van der Waals surface area contributed by atoms with Crippen LogP contribution in [0.5, 0.6) is 0 Å². The summed E-state index contributed by atoms with van der Waals surface area (Å²) in [5, 5.41) is 23.2. The Morgan fingerprint density at radius 1 is 1.35 bits per heavy atom. The molecule has 2 rings (SSSR count). The lowest BCUT2D eigenvalue weighted by Gasteiger charge is -2.26. The van der Waals surface area contributed by atoms with E-state index in [9.17, 15) is 28.4 Å². The van der Waals surface area contributed by atoms with Gasteiger partial charge in [-0.05, 0) is 18.1 Å². The molecule has 1 aliphatic rings. The molecule has 0 saturated carbocycles. The van der Waals surface area contributed by atoms with Gasteiger partial charge in [-0.1, -0.05) is 13.8 Å². The number of carboxylic acid groups (broad SMARTS) is 1. The van der Waals surface area contributed by atoms with Crippen molar-refractivity contribution in [3.63, 3.8) is 0 Å². The summed E-state index contributed by atoms with van der Waals surface area (Å²) in [6.45, 7) is 4.18. The van der Waals surface area contributed by atoms with Gasteiger partial charge in [0, 0.05) is 19.2 Å². The summed E-state index contributed by atoms with van der Waals surface area (Å²) in [4.78, 5) is 21.7. The normalized spacial score (nSPS) is 17.0. The van der Waals surface area contributed by atoms with Crippen molar-refractivity contribution in [3.05, 3.63) is 28.3 Å². The Hall–Kier alpha value is -2.24. The fourth-order valence-electron chi connectivity index (χ4n) is 2.56. The van der Waals surface area contributed by atoms with Crippen molar-refractivity contribution in [2.24, 2.45) is 5.92 Å². The second kappa shape index (κ2) is 7.98. The third-order valence-corrected chi connectivity index (χ3v) is 5.91. The van der Waals surface area contributed by atoms with E-state index in [2.05, 4.69) is 5.32 Å². The lowest BCUT2D eigenvalue weighted by molar-refractivity contribution is -0.384. The van der Waals surface area contributed by atoms with Crippen molar-refractivity contribution in [2.75, 3.05) is 31.6 Å². The van der Waals surface area contributed by atoms with Gasteiger partial charge in [-0.3, -0.25) is 10.1 Å². The molecule has 11 heteroatoms. The van der Waals surface area contributed by atoms with Crippen molar-refractivity contribution in [3.8, 4) is 0 Å². The minimum atomic E-state index is -3.89. The minimum Gasteiger partial charge on any atom is -0.480 e. The lowest BCUT2D eigenvalue weighted by atomic mass is 10.0. The van der Waals surface area contributed by atoms with Crippen LogP contribution < -0.4 is 5.32 Å². The predicted octanol–water partition coefficient (Wildman–Crippen LogP) is 1.14. The Morgan fingerprint density at radius 2 is 1.96 bits per heavy atom. The number of benzene rings is 1. The van der Waals surface area contributed by atoms with E-state index >= 15 is 0 Å². The van der Waals surface area contributed by atoms with Crippen LogP contribution in [0.3, 0.4) is 0 Å². The van der Waals surface area contributed by atoms with Crippen LogP contribution in [-0.2, 0) is 19.6 Å². The average Bonchev–Trinajstić information content (AvgIpc) is 2.59. The summed E-state index contributed by atoms with van der Waals surface area (Å²) >= 11 is 0. The smallest absolute Gasteiger partial charge is 0.326 e. The van der Waals surface area contributed by atoms with Crippen LogP contribution in [0.2, 0.25) is 0 Å². The van der Waals surface area contributed by atoms with Crippen molar-refractivity contribution >= 4 is 27.4 Å². The number of ether oxygens (including phenoxy) is 1. The molecular weight excluding hydrogens is 366 g/mol. The quantitative estimate of drug-likeness (QED) is 0.524. The number of carbonyl (C=O) groups is 1. The fraction of sp³-hybridized carbons (Fsp3) is 0.533. The van der Waals surface area contributed by atoms with E-state index in [-0.39, 0.29) is 42.8 Å². The van der Waals surface area contributed by atoms with Crippen LogP contribution in [0.4, 0.5) is 11.4 Å². The molecule has 1 aromatic rings. The zero-order valence-electron chi connectivity index (χ0n) is 14.4. The maximum atomic E-state index is 12.6. The topological polar surface area (TPSA) is 139 Å². The first kappa shape index (κ1) is 20.1. The van der Waals surface area contributed by atoms with Gasteiger partial charge < -0.3 is 15.2 Å². The molecule has 0 radical (unpaired) electrons. The molecule has 0 spiro atoms. The number of nitrogens with one attached hydrogen (secondary N) is 1. The fourth-order valence-corrected chi connectivity index (χ4v) is 3.99. The van der Waals surface area contributed by atoms with E-state index in [4.69, 9.17) is 4.74 Å². The van der Waals surface area contributed by atoms with Gasteiger partial charge in [0.25, 0.3) is 5.69 Å². The number of anilines is 1. The van der Waals surface area contributed by atoms with Crippen molar-refractivity contribution in [2.45, 2.75) is 24.8 Å². The summed E-state index contributed by atoms with van der Waals surface area (Å²) in [5.41, 5.74) is -0.539. The van der Waals surface area contributed by atoms with E-state index in [0.29, 0.717) is 0 Å². The zero-order valence-corrected chi connectivity index (χ0v) is 15.2. The highest BCUT2D eigenvalue weighted by atomic mass is 32.2. The molecule has 0 bridgehead atoms. The Morgan fingerprint density at radius 3 is 2.46 bits per heavy atom. The van der Waals surface area contributed by atoms with Crippen molar-refractivity contribution < 1.29 is 28.0 Å². The van der Waals surface area contributed by atoms with Crippen LogP contribution in [0.1, 0.15) is 13.8 Å².